The van der Waals surface area contributed by atoms with Crippen LogP contribution < -0.4 is 0 Å². The van der Waals surface area contributed by atoms with Crippen molar-refractivity contribution >= 4 is 0 Å². The molecule has 1 nitrogen and oxygen atoms in total. The van der Waals surface area contributed by atoms with Crippen LogP contribution >= 0.6 is 0 Å². The summed E-state index contributed by atoms with van der Waals surface area (Å²) < 4.78 is 5.93. The van der Waals surface area contributed by atoms with Crippen LogP contribution in [0.1, 0.15) is 39.5 Å². The molecule has 74 valence electrons. The van der Waals surface area contributed by atoms with E-state index < -0.39 is 0 Å². The van der Waals surface area contributed by atoms with Crippen LogP contribution in [0, 0.1) is 23.7 Å². The first-order valence-corrected chi connectivity index (χ1v) is 5.93. The van der Waals surface area contributed by atoms with Gasteiger partial charge in [-0.1, -0.05) is 6.42 Å². The Labute approximate surface area is 80.8 Å². The highest BCUT2D eigenvalue weighted by molar-refractivity contribution is 5.10. The van der Waals surface area contributed by atoms with E-state index in [-0.39, 0.29) is 0 Å². The molecule has 3 aliphatic rings. The van der Waals surface area contributed by atoms with Gasteiger partial charge in [0.25, 0.3) is 0 Å². The van der Waals surface area contributed by atoms with Gasteiger partial charge in [-0.2, -0.15) is 0 Å². The minimum atomic E-state index is 0.436. The lowest BCUT2D eigenvalue weighted by Crippen LogP contribution is -2.60. The Bertz CT molecular complexity index is 211. The molecule has 0 bridgehead atoms. The van der Waals surface area contributed by atoms with Gasteiger partial charge in [-0.3, -0.25) is 0 Å². The lowest BCUT2D eigenvalue weighted by molar-refractivity contribution is -0.211. The third kappa shape index (κ3) is 1.03. The van der Waals surface area contributed by atoms with Gasteiger partial charge >= 0.3 is 0 Å². The lowest BCUT2D eigenvalue weighted by atomic mass is 9.46. The van der Waals surface area contributed by atoms with Gasteiger partial charge in [-0.15, -0.1) is 0 Å². The second-order valence-corrected chi connectivity index (χ2v) is 5.46. The van der Waals surface area contributed by atoms with E-state index in [0.717, 1.165) is 23.7 Å². The molecule has 5 unspecified atom stereocenters. The van der Waals surface area contributed by atoms with Crippen molar-refractivity contribution in [2.24, 2.45) is 23.7 Å². The molecule has 13 heavy (non-hydrogen) atoms. The maximum atomic E-state index is 5.93. The van der Waals surface area contributed by atoms with E-state index in [9.17, 15) is 0 Å². The Morgan fingerprint density at radius 3 is 2.62 bits per heavy atom. The number of hydrogen-bond donors (Lipinski definition) is 0. The van der Waals surface area contributed by atoms with Crippen molar-refractivity contribution < 1.29 is 4.74 Å². The van der Waals surface area contributed by atoms with Crippen molar-refractivity contribution in [3.05, 3.63) is 0 Å². The molecule has 3 saturated carbocycles. The summed E-state index contributed by atoms with van der Waals surface area (Å²) in [6.07, 6.45) is 6.99. The number of hydrogen-bond acceptors (Lipinski definition) is 1. The molecule has 0 aromatic rings. The van der Waals surface area contributed by atoms with Gasteiger partial charge in [0.1, 0.15) is 0 Å². The lowest BCUT2D eigenvalue weighted by Gasteiger charge is -2.61. The van der Waals surface area contributed by atoms with E-state index in [1.54, 1.807) is 0 Å². The second kappa shape index (κ2) is 2.73. The zero-order valence-corrected chi connectivity index (χ0v) is 8.70. The van der Waals surface area contributed by atoms with Crippen molar-refractivity contribution in [3.63, 3.8) is 0 Å². The first-order valence-electron chi connectivity index (χ1n) is 5.93. The van der Waals surface area contributed by atoms with Gasteiger partial charge in [-0.25, -0.2) is 0 Å². The van der Waals surface area contributed by atoms with Gasteiger partial charge in [0.05, 0.1) is 12.2 Å². The van der Waals surface area contributed by atoms with E-state index >= 15 is 0 Å². The average Bonchev–Trinajstić information content (AvgIpc) is 2.40. The number of ether oxygens (including phenoxy) is 1. The monoisotopic (exact) mass is 180 g/mol. The number of fused-ring (bicyclic) bond motifs is 4. The van der Waals surface area contributed by atoms with Crippen molar-refractivity contribution in [1.29, 1.82) is 0 Å². The number of rotatable bonds is 2. The molecule has 0 amide bonds. The highest BCUT2D eigenvalue weighted by Gasteiger charge is 2.61. The molecule has 0 aromatic carbocycles. The molecule has 0 N–H and O–H groups in total. The Balaban J connectivity index is 1.61. The van der Waals surface area contributed by atoms with Crippen LogP contribution in [-0.4, -0.2) is 12.2 Å². The molecule has 3 fully saturated rings. The SMILES string of the molecule is CC(C)OC1CC2C3CCCC3C12. The topological polar surface area (TPSA) is 9.23 Å². The normalized spacial score (nSPS) is 52.4. The van der Waals surface area contributed by atoms with Crippen LogP contribution in [-0.2, 0) is 4.74 Å². The minimum Gasteiger partial charge on any atom is -0.375 e. The first-order chi connectivity index (χ1) is 6.27. The zero-order valence-electron chi connectivity index (χ0n) is 8.70. The van der Waals surface area contributed by atoms with Gasteiger partial charge in [0.15, 0.2) is 0 Å². The van der Waals surface area contributed by atoms with Crippen LogP contribution in [0.4, 0.5) is 0 Å². The summed E-state index contributed by atoms with van der Waals surface area (Å²) in [5.41, 5.74) is 0. The van der Waals surface area contributed by atoms with Crippen molar-refractivity contribution in [2.75, 3.05) is 0 Å². The van der Waals surface area contributed by atoms with Crippen LogP contribution in [0.15, 0.2) is 0 Å². The maximum Gasteiger partial charge on any atom is 0.0615 e. The molecule has 0 aliphatic heterocycles. The van der Waals surface area contributed by atoms with Crippen molar-refractivity contribution in [1.82, 2.24) is 0 Å². The summed E-state index contributed by atoms with van der Waals surface area (Å²) in [6, 6.07) is 0. The third-order valence-corrected chi connectivity index (χ3v) is 4.54. The summed E-state index contributed by atoms with van der Waals surface area (Å²) in [5.74, 6) is 4.26. The predicted octanol–water partition coefficient (Wildman–Crippen LogP) is 2.85. The minimum absolute atomic E-state index is 0.436. The molecule has 0 heterocycles. The quantitative estimate of drug-likeness (QED) is 0.635. The van der Waals surface area contributed by atoms with Crippen molar-refractivity contribution in [3.8, 4) is 0 Å². The average molecular weight is 180 g/mol. The molecule has 5 atom stereocenters. The Morgan fingerprint density at radius 2 is 1.85 bits per heavy atom. The fourth-order valence-corrected chi connectivity index (χ4v) is 4.09. The van der Waals surface area contributed by atoms with Gasteiger partial charge < -0.3 is 4.74 Å². The molecule has 0 saturated heterocycles. The van der Waals surface area contributed by atoms with Crippen LogP contribution in [0.2, 0.25) is 0 Å². The fraction of sp³-hybridized carbons (Fsp3) is 1.00. The largest absolute Gasteiger partial charge is 0.375 e. The van der Waals surface area contributed by atoms with Crippen LogP contribution in [0.25, 0.3) is 0 Å². The predicted molar refractivity (Wildman–Crippen MR) is 52.4 cm³/mol. The third-order valence-electron chi connectivity index (χ3n) is 4.54. The maximum absolute atomic E-state index is 5.93. The Morgan fingerprint density at radius 1 is 1.08 bits per heavy atom. The summed E-state index contributed by atoms with van der Waals surface area (Å²) in [5, 5.41) is 0. The summed E-state index contributed by atoms with van der Waals surface area (Å²) in [7, 11) is 0. The van der Waals surface area contributed by atoms with Crippen molar-refractivity contribution in [2.45, 2.75) is 51.7 Å². The molecular weight excluding hydrogens is 160 g/mol. The van der Waals surface area contributed by atoms with E-state index in [1.165, 1.54) is 25.7 Å². The van der Waals surface area contributed by atoms with Crippen LogP contribution in [0.5, 0.6) is 0 Å². The summed E-state index contributed by atoms with van der Waals surface area (Å²) in [6.45, 7) is 4.33. The van der Waals surface area contributed by atoms with E-state index in [2.05, 4.69) is 13.8 Å². The highest BCUT2D eigenvalue weighted by atomic mass is 16.5. The first kappa shape index (κ1) is 8.28. The molecule has 0 aromatic heterocycles. The summed E-state index contributed by atoms with van der Waals surface area (Å²) in [4.78, 5) is 0. The van der Waals surface area contributed by atoms with Gasteiger partial charge in [0.2, 0.25) is 0 Å². The van der Waals surface area contributed by atoms with Gasteiger partial charge in [0, 0.05) is 0 Å². The molecule has 1 heteroatoms. The zero-order chi connectivity index (χ0) is 9.00. The Kier molecular flexibility index (Phi) is 1.74. The summed E-state index contributed by atoms with van der Waals surface area (Å²) >= 11 is 0. The molecule has 3 aliphatic carbocycles. The van der Waals surface area contributed by atoms with E-state index in [4.69, 9.17) is 4.74 Å². The molecule has 0 radical (unpaired) electrons. The Hall–Kier alpha value is -0.0400. The molecule has 0 spiro atoms. The smallest absolute Gasteiger partial charge is 0.0615 e. The highest BCUT2D eigenvalue weighted by Crippen LogP contribution is 2.65. The van der Waals surface area contributed by atoms with E-state index in [0.29, 0.717) is 12.2 Å². The molecule has 3 rings (SSSR count). The van der Waals surface area contributed by atoms with Crippen LogP contribution in [0.3, 0.4) is 0 Å². The standard InChI is InChI=1S/C12H20O/c1-7(2)13-11-6-10-8-4-3-5-9(8)12(10)11/h7-12H,3-6H2,1-2H3. The second-order valence-electron chi connectivity index (χ2n) is 5.46. The van der Waals surface area contributed by atoms with E-state index in [1.807, 2.05) is 0 Å². The van der Waals surface area contributed by atoms with Gasteiger partial charge in [-0.05, 0) is 56.8 Å². The molecular formula is C12H20O. The fourth-order valence-electron chi connectivity index (χ4n) is 4.09.